The quantitative estimate of drug-likeness (QED) is 0.604. The van der Waals surface area contributed by atoms with Crippen molar-refractivity contribution in [3.63, 3.8) is 0 Å². The summed E-state index contributed by atoms with van der Waals surface area (Å²) in [6.07, 6.45) is 2.63. The van der Waals surface area contributed by atoms with Gasteiger partial charge in [-0.15, -0.1) is 0 Å². The van der Waals surface area contributed by atoms with Gasteiger partial charge in [-0.3, -0.25) is 9.69 Å². The Morgan fingerprint density at radius 2 is 2.00 bits per heavy atom. The topological polar surface area (TPSA) is 42.4 Å². The summed E-state index contributed by atoms with van der Waals surface area (Å²) in [4.78, 5) is 19.8. The van der Waals surface area contributed by atoms with E-state index in [-0.39, 0.29) is 17.9 Å². The van der Waals surface area contributed by atoms with Gasteiger partial charge in [-0.05, 0) is 36.5 Å². The van der Waals surface area contributed by atoms with Crippen molar-refractivity contribution in [2.45, 2.75) is 38.2 Å². The molecule has 1 aromatic heterocycles. The lowest BCUT2D eigenvalue weighted by molar-refractivity contribution is -0.119. The van der Waals surface area contributed by atoms with Gasteiger partial charge in [0, 0.05) is 13.0 Å². The Morgan fingerprint density at radius 3 is 2.74 bits per heavy atom. The molecule has 0 saturated carbocycles. The largest absolute Gasteiger partial charge is 0.376 e. The van der Waals surface area contributed by atoms with Crippen LogP contribution in [-0.4, -0.2) is 30.1 Å². The summed E-state index contributed by atoms with van der Waals surface area (Å²) in [5.74, 6) is 0.279. The second kappa shape index (κ2) is 8.19. The Bertz CT molecular complexity index is 870. The van der Waals surface area contributed by atoms with E-state index in [1.165, 1.54) is 5.56 Å². The van der Waals surface area contributed by atoms with E-state index in [2.05, 4.69) is 25.1 Å². The van der Waals surface area contributed by atoms with Gasteiger partial charge in [0.2, 0.25) is 5.91 Å². The molecule has 2 unspecified atom stereocenters. The lowest BCUT2D eigenvalue weighted by Gasteiger charge is -2.24. The number of carbonyl (C=O) groups excluding carboxylic acids is 1. The lowest BCUT2D eigenvalue weighted by atomic mass is 9.97. The highest BCUT2D eigenvalue weighted by Gasteiger charge is 2.27. The molecule has 0 radical (unpaired) electrons. The van der Waals surface area contributed by atoms with Gasteiger partial charge in [0.25, 0.3) is 0 Å². The van der Waals surface area contributed by atoms with Crippen LogP contribution in [0.25, 0.3) is 10.2 Å². The summed E-state index contributed by atoms with van der Waals surface area (Å²) < 4.78 is 6.91. The van der Waals surface area contributed by atoms with Crippen LogP contribution in [0.1, 0.15) is 37.7 Å². The molecule has 1 fully saturated rings. The number of thiazole rings is 1. The van der Waals surface area contributed by atoms with Gasteiger partial charge < -0.3 is 4.74 Å². The molecule has 1 aliphatic rings. The summed E-state index contributed by atoms with van der Waals surface area (Å²) in [5, 5.41) is 0.775. The second-order valence-electron chi connectivity index (χ2n) is 7.12. The van der Waals surface area contributed by atoms with E-state index in [4.69, 9.17) is 9.72 Å². The van der Waals surface area contributed by atoms with Crippen LogP contribution in [0.2, 0.25) is 0 Å². The first-order valence-corrected chi connectivity index (χ1v) is 10.3. The van der Waals surface area contributed by atoms with Crippen molar-refractivity contribution in [2.24, 2.45) is 0 Å². The number of ether oxygens (including phenoxy) is 1. The Labute approximate surface area is 163 Å². The highest BCUT2D eigenvalue weighted by atomic mass is 32.1. The molecule has 1 saturated heterocycles. The molecule has 4 nitrogen and oxygen atoms in total. The van der Waals surface area contributed by atoms with Crippen molar-refractivity contribution in [1.29, 1.82) is 0 Å². The molecular formula is C22H24N2O2S. The highest BCUT2D eigenvalue weighted by Crippen LogP contribution is 2.31. The first kappa shape index (κ1) is 18.1. The minimum absolute atomic E-state index is 0.105. The van der Waals surface area contributed by atoms with Crippen LogP contribution >= 0.6 is 11.3 Å². The van der Waals surface area contributed by atoms with E-state index in [9.17, 15) is 4.79 Å². The number of nitrogens with zero attached hydrogens (tertiary/aromatic N) is 2. The smallest absolute Gasteiger partial charge is 0.229 e. The minimum Gasteiger partial charge on any atom is -0.376 e. The SMILES string of the molecule is CC(CC(=O)N(CC1CCCO1)c1nc2ccccc2s1)c1ccccc1. The predicted molar refractivity (Wildman–Crippen MR) is 110 cm³/mol. The molecule has 2 atom stereocenters. The van der Waals surface area contributed by atoms with Gasteiger partial charge in [0.05, 0.1) is 22.9 Å². The number of benzene rings is 2. The van der Waals surface area contributed by atoms with Crippen LogP contribution < -0.4 is 4.90 Å². The standard InChI is InChI=1S/C22H24N2O2S/c1-16(17-8-3-2-4-9-17)14-21(25)24(15-18-10-7-13-26-18)22-23-19-11-5-6-12-20(19)27-22/h2-6,8-9,11-12,16,18H,7,10,13-15H2,1H3. The van der Waals surface area contributed by atoms with Gasteiger partial charge in [-0.25, -0.2) is 4.98 Å². The maximum absolute atomic E-state index is 13.2. The Kier molecular flexibility index (Phi) is 5.50. The van der Waals surface area contributed by atoms with Crippen molar-refractivity contribution in [1.82, 2.24) is 4.98 Å². The monoisotopic (exact) mass is 380 g/mol. The molecule has 0 bridgehead atoms. The van der Waals surface area contributed by atoms with Gasteiger partial charge in [-0.2, -0.15) is 0 Å². The maximum Gasteiger partial charge on any atom is 0.229 e. The molecule has 2 aromatic carbocycles. The number of anilines is 1. The fourth-order valence-corrected chi connectivity index (χ4v) is 4.52. The number of amides is 1. The third-order valence-corrected chi connectivity index (χ3v) is 6.13. The summed E-state index contributed by atoms with van der Waals surface area (Å²) in [6, 6.07) is 18.3. The number of hydrogen-bond donors (Lipinski definition) is 0. The zero-order valence-electron chi connectivity index (χ0n) is 15.5. The Hall–Kier alpha value is -2.24. The third kappa shape index (κ3) is 4.20. The Morgan fingerprint density at radius 1 is 1.22 bits per heavy atom. The van der Waals surface area contributed by atoms with Crippen molar-refractivity contribution in [3.8, 4) is 0 Å². The van der Waals surface area contributed by atoms with Crippen LogP contribution in [0.4, 0.5) is 5.13 Å². The Balaban J connectivity index is 1.57. The first-order valence-electron chi connectivity index (χ1n) is 9.53. The molecule has 1 aliphatic heterocycles. The average Bonchev–Trinajstić information content (AvgIpc) is 3.35. The van der Waals surface area contributed by atoms with Gasteiger partial charge in [0.15, 0.2) is 5.13 Å². The summed E-state index contributed by atoms with van der Waals surface area (Å²) >= 11 is 1.58. The van der Waals surface area contributed by atoms with E-state index in [1.54, 1.807) is 11.3 Å². The number of hydrogen-bond acceptors (Lipinski definition) is 4. The van der Waals surface area contributed by atoms with Crippen LogP contribution in [0.5, 0.6) is 0 Å². The van der Waals surface area contributed by atoms with Crippen LogP contribution in [0.15, 0.2) is 54.6 Å². The maximum atomic E-state index is 13.2. The summed E-state index contributed by atoms with van der Waals surface area (Å²) in [6.45, 7) is 3.48. The zero-order valence-corrected chi connectivity index (χ0v) is 16.3. The minimum atomic E-state index is 0.105. The fourth-order valence-electron chi connectivity index (χ4n) is 3.53. The van der Waals surface area contributed by atoms with Gasteiger partial charge >= 0.3 is 0 Å². The normalized spacial score (nSPS) is 17.9. The van der Waals surface area contributed by atoms with Crippen molar-refractivity contribution in [2.75, 3.05) is 18.1 Å². The number of carbonyl (C=O) groups is 1. The molecule has 1 amide bonds. The molecular weight excluding hydrogens is 356 g/mol. The number of rotatable bonds is 6. The lowest BCUT2D eigenvalue weighted by Crippen LogP contribution is -2.38. The molecule has 3 aromatic rings. The van der Waals surface area contributed by atoms with E-state index in [0.29, 0.717) is 13.0 Å². The fraction of sp³-hybridized carbons (Fsp3) is 0.364. The molecule has 0 aliphatic carbocycles. The summed E-state index contributed by atoms with van der Waals surface area (Å²) in [7, 11) is 0. The molecule has 0 spiro atoms. The molecule has 27 heavy (non-hydrogen) atoms. The van der Waals surface area contributed by atoms with Gasteiger partial charge in [-0.1, -0.05) is 60.7 Å². The molecule has 140 valence electrons. The van der Waals surface area contributed by atoms with E-state index in [0.717, 1.165) is 34.8 Å². The number of fused-ring (bicyclic) bond motifs is 1. The molecule has 0 N–H and O–H groups in total. The molecule has 5 heteroatoms. The molecule has 2 heterocycles. The van der Waals surface area contributed by atoms with Crippen molar-refractivity contribution >= 4 is 32.6 Å². The number of para-hydroxylation sites is 1. The van der Waals surface area contributed by atoms with E-state index >= 15 is 0 Å². The van der Waals surface area contributed by atoms with Crippen molar-refractivity contribution < 1.29 is 9.53 Å². The summed E-state index contributed by atoms with van der Waals surface area (Å²) in [5.41, 5.74) is 2.13. The van der Waals surface area contributed by atoms with Gasteiger partial charge in [0.1, 0.15) is 0 Å². The highest BCUT2D eigenvalue weighted by molar-refractivity contribution is 7.22. The average molecular weight is 381 g/mol. The third-order valence-electron chi connectivity index (χ3n) is 5.07. The zero-order chi connectivity index (χ0) is 18.6. The van der Waals surface area contributed by atoms with Crippen molar-refractivity contribution in [3.05, 3.63) is 60.2 Å². The predicted octanol–water partition coefficient (Wildman–Crippen LogP) is 5.00. The number of aromatic nitrogens is 1. The van der Waals surface area contributed by atoms with Crippen LogP contribution in [-0.2, 0) is 9.53 Å². The van der Waals surface area contributed by atoms with E-state index < -0.39 is 0 Å². The van der Waals surface area contributed by atoms with Crippen LogP contribution in [0, 0.1) is 0 Å². The first-order chi connectivity index (χ1) is 13.2. The second-order valence-corrected chi connectivity index (χ2v) is 8.13. The molecule has 4 rings (SSSR count). The van der Waals surface area contributed by atoms with E-state index in [1.807, 2.05) is 41.3 Å². The van der Waals surface area contributed by atoms with Crippen LogP contribution in [0.3, 0.4) is 0 Å².